The van der Waals surface area contributed by atoms with Crippen LogP contribution in [-0.4, -0.2) is 48.3 Å². The zero-order valence-electron chi connectivity index (χ0n) is 10.9. The van der Waals surface area contributed by atoms with Gasteiger partial charge in [0.2, 0.25) is 0 Å². The molecule has 0 amide bonds. The zero-order valence-corrected chi connectivity index (χ0v) is 10.9. The summed E-state index contributed by atoms with van der Waals surface area (Å²) in [5.41, 5.74) is 0. The summed E-state index contributed by atoms with van der Waals surface area (Å²) in [6.45, 7) is 8.41. The Bertz CT molecular complexity index is 175. The monoisotopic (exact) mass is 228 g/mol. The molecule has 1 aliphatic rings. The van der Waals surface area contributed by atoms with Crippen molar-refractivity contribution in [1.82, 2.24) is 10.2 Å². The third-order valence-corrected chi connectivity index (χ3v) is 3.71. The lowest BCUT2D eigenvalue weighted by atomic mass is 10.1. The lowest BCUT2D eigenvalue weighted by Crippen LogP contribution is -2.39. The molecular formula is C13H28N2O. The van der Waals surface area contributed by atoms with Crippen molar-refractivity contribution in [2.45, 2.75) is 58.0 Å². The van der Waals surface area contributed by atoms with Crippen LogP contribution in [-0.2, 0) is 0 Å². The van der Waals surface area contributed by atoms with Crippen LogP contribution in [0.3, 0.4) is 0 Å². The lowest BCUT2D eigenvalue weighted by Gasteiger charge is -2.23. The van der Waals surface area contributed by atoms with Crippen LogP contribution in [0.2, 0.25) is 0 Å². The molecule has 0 aromatic heterocycles. The van der Waals surface area contributed by atoms with Crippen LogP contribution in [0.1, 0.15) is 46.0 Å². The predicted octanol–water partition coefficient (Wildman–Crippen LogP) is 1.61. The van der Waals surface area contributed by atoms with Gasteiger partial charge in [-0.1, -0.05) is 13.8 Å². The number of nitrogens with zero attached hydrogens (tertiary/aromatic N) is 1. The van der Waals surface area contributed by atoms with Gasteiger partial charge in [-0.15, -0.1) is 0 Å². The molecule has 1 heterocycles. The van der Waals surface area contributed by atoms with Gasteiger partial charge in [-0.3, -0.25) is 0 Å². The molecular weight excluding hydrogens is 200 g/mol. The Kier molecular flexibility index (Phi) is 7.01. The van der Waals surface area contributed by atoms with E-state index in [1.165, 1.54) is 38.9 Å². The van der Waals surface area contributed by atoms with Crippen molar-refractivity contribution in [3.8, 4) is 0 Å². The van der Waals surface area contributed by atoms with E-state index in [9.17, 15) is 0 Å². The third-order valence-electron chi connectivity index (χ3n) is 3.71. The molecule has 1 aliphatic heterocycles. The molecule has 1 saturated heterocycles. The second-order valence-electron chi connectivity index (χ2n) is 4.85. The van der Waals surface area contributed by atoms with E-state index in [0.717, 1.165) is 12.8 Å². The molecule has 2 atom stereocenters. The second kappa shape index (κ2) is 8.04. The number of hydrogen-bond donors (Lipinski definition) is 2. The van der Waals surface area contributed by atoms with Crippen LogP contribution in [0.4, 0.5) is 0 Å². The maximum atomic E-state index is 8.98. The molecule has 1 rings (SSSR count). The molecule has 1 fully saturated rings. The van der Waals surface area contributed by atoms with Crippen LogP contribution < -0.4 is 5.32 Å². The molecule has 0 aliphatic carbocycles. The van der Waals surface area contributed by atoms with Gasteiger partial charge in [0.05, 0.1) is 0 Å². The molecule has 0 bridgehead atoms. The first kappa shape index (κ1) is 13.9. The average Bonchev–Trinajstić information content (AvgIpc) is 2.53. The first-order valence-corrected chi connectivity index (χ1v) is 6.89. The quantitative estimate of drug-likeness (QED) is 0.725. The summed E-state index contributed by atoms with van der Waals surface area (Å²) in [6, 6.07) is 1.16. The Balaban J connectivity index is 2.30. The van der Waals surface area contributed by atoms with E-state index < -0.39 is 0 Å². The Hall–Kier alpha value is -0.120. The molecule has 0 saturated carbocycles. The van der Waals surface area contributed by atoms with Crippen molar-refractivity contribution in [2.75, 3.05) is 26.2 Å². The molecule has 0 spiro atoms. The van der Waals surface area contributed by atoms with Crippen LogP contribution in [0.5, 0.6) is 0 Å². The van der Waals surface area contributed by atoms with E-state index in [4.69, 9.17) is 5.11 Å². The van der Waals surface area contributed by atoms with Gasteiger partial charge < -0.3 is 15.3 Å². The predicted molar refractivity (Wildman–Crippen MR) is 68.7 cm³/mol. The van der Waals surface area contributed by atoms with E-state index in [1.807, 2.05) is 0 Å². The molecule has 0 radical (unpaired) electrons. The maximum absolute atomic E-state index is 8.98. The van der Waals surface area contributed by atoms with E-state index in [1.54, 1.807) is 0 Å². The topological polar surface area (TPSA) is 35.5 Å². The van der Waals surface area contributed by atoms with E-state index >= 15 is 0 Å². The van der Waals surface area contributed by atoms with Gasteiger partial charge in [0.25, 0.3) is 0 Å². The summed E-state index contributed by atoms with van der Waals surface area (Å²) in [5, 5.41) is 12.7. The van der Waals surface area contributed by atoms with Crippen LogP contribution in [0.25, 0.3) is 0 Å². The molecule has 2 unspecified atom stereocenters. The van der Waals surface area contributed by atoms with E-state index in [0.29, 0.717) is 18.7 Å². The van der Waals surface area contributed by atoms with Crippen molar-refractivity contribution in [3.63, 3.8) is 0 Å². The standard InChI is InChI=1S/C13H28N2O/c1-3-12(8-11-16)14-13-6-5-9-15(4-2)10-7-13/h12-14,16H,3-11H2,1-2H3. The summed E-state index contributed by atoms with van der Waals surface area (Å²) >= 11 is 0. The highest BCUT2D eigenvalue weighted by atomic mass is 16.3. The number of hydrogen-bond acceptors (Lipinski definition) is 3. The van der Waals surface area contributed by atoms with Gasteiger partial charge in [0.15, 0.2) is 0 Å². The van der Waals surface area contributed by atoms with Gasteiger partial charge in [-0.05, 0) is 51.7 Å². The number of rotatable bonds is 6. The minimum Gasteiger partial charge on any atom is -0.396 e. The van der Waals surface area contributed by atoms with Gasteiger partial charge in [0.1, 0.15) is 0 Å². The third kappa shape index (κ3) is 4.81. The summed E-state index contributed by atoms with van der Waals surface area (Å²) in [7, 11) is 0. The molecule has 3 nitrogen and oxygen atoms in total. The number of aliphatic hydroxyl groups excluding tert-OH is 1. The second-order valence-corrected chi connectivity index (χ2v) is 4.85. The first-order chi connectivity index (χ1) is 7.80. The number of nitrogens with one attached hydrogen (secondary N) is 1. The Labute approximate surface area is 100 Å². The Morgan fingerprint density at radius 1 is 1.31 bits per heavy atom. The van der Waals surface area contributed by atoms with Gasteiger partial charge in [-0.25, -0.2) is 0 Å². The zero-order chi connectivity index (χ0) is 11.8. The van der Waals surface area contributed by atoms with Crippen molar-refractivity contribution in [3.05, 3.63) is 0 Å². The number of likely N-dealkylation sites (tertiary alicyclic amines) is 1. The molecule has 3 heteroatoms. The van der Waals surface area contributed by atoms with Crippen molar-refractivity contribution in [1.29, 1.82) is 0 Å². The Morgan fingerprint density at radius 2 is 2.12 bits per heavy atom. The summed E-state index contributed by atoms with van der Waals surface area (Å²) < 4.78 is 0. The highest BCUT2D eigenvalue weighted by molar-refractivity contribution is 4.78. The fourth-order valence-corrected chi connectivity index (χ4v) is 2.53. The summed E-state index contributed by atoms with van der Waals surface area (Å²) in [6.07, 6.45) is 5.87. The van der Waals surface area contributed by atoms with Crippen molar-refractivity contribution < 1.29 is 5.11 Å². The normalized spacial score (nSPS) is 25.3. The van der Waals surface area contributed by atoms with Crippen LogP contribution in [0, 0.1) is 0 Å². The minimum atomic E-state index is 0.305. The lowest BCUT2D eigenvalue weighted by molar-refractivity contribution is 0.250. The van der Waals surface area contributed by atoms with Gasteiger partial charge >= 0.3 is 0 Å². The minimum absolute atomic E-state index is 0.305. The SMILES string of the molecule is CCC(CCO)NC1CCCN(CC)CC1. The van der Waals surface area contributed by atoms with E-state index in [2.05, 4.69) is 24.1 Å². The highest BCUT2D eigenvalue weighted by Gasteiger charge is 2.18. The van der Waals surface area contributed by atoms with Gasteiger partial charge in [0, 0.05) is 18.7 Å². The van der Waals surface area contributed by atoms with E-state index in [-0.39, 0.29) is 0 Å². The van der Waals surface area contributed by atoms with Crippen LogP contribution in [0.15, 0.2) is 0 Å². The molecule has 2 N–H and O–H groups in total. The average molecular weight is 228 g/mol. The summed E-state index contributed by atoms with van der Waals surface area (Å²) in [5.74, 6) is 0. The molecule has 0 aromatic rings. The first-order valence-electron chi connectivity index (χ1n) is 6.89. The van der Waals surface area contributed by atoms with Crippen LogP contribution >= 0.6 is 0 Å². The van der Waals surface area contributed by atoms with Crippen molar-refractivity contribution >= 4 is 0 Å². The molecule has 96 valence electrons. The fraction of sp³-hybridized carbons (Fsp3) is 1.00. The molecule has 0 aromatic carbocycles. The summed E-state index contributed by atoms with van der Waals surface area (Å²) in [4.78, 5) is 2.54. The number of aliphatic hydroxyl groups is 1. The Morgan fingerprint density at radius 3 is 2.75 bits per heavy atom. The highest BCUT2D eigenvalue weighted by Crippen LogP contribution is 2.12. The van der Waals surface area contributed by atoms with Crippen molar-refractivity contribution in [2.24, 2.45) is 0 Å². The smallest absolute Gasteiger partial charge is 0.0445 e. The fourth-order valence-electron chi connectivity index (χ4n) is 2.53. The maximum Gasteiger partial charge on any atom is 0.0445 e. The molecule has 16 heavy (non-hydrogen) atoms. The largest absolute Gasteiger partial charge is 0.396 e. The van der Waals surface area contributed by atoms with Gasteiger partial charge in [-0.2, -0.15) is 0 Å².